The van der Waals surface area contributed by atoms with E-state index in [4.69, 9.17) is 0 Å². The summed E-state index contributed by atoms with van der Waals surface area (Å²) in [6.07, 6.45) is 2.13. The molecule has 0 fully saturated rings. The quantitative estimate of drug-likeness (QED) is 0.763. The van der Waals surface area contributed by atoms with Crippen molar-refractivity contribution in [3.63, 3.8) is 0 Å². The van der Waals surface area contributed by atoms with Crippen LogP contribution in [0.25, 0.3) is 5.69 Å². The number of rotatable bonds is 3. The van der Waals surface area contributed by atoms with Crippen molar-refractivity contribution in [2.45, 2.75) is 20.3 Å². The van der Waals surface area contributed by atoms with Gasteiger partial charge in [0.05, 0.1) is 11.9 Å². The molecule has 0 N–H and O–H groups in total. The van der Waals surface area contributed by atoms with Crippen LogP contribution in [0.3, 0.4) is 0 Å². The highest BCUT2D eigenvalue weighted by molar-refractivity contribution is 5.91. The fraction of sp³-hybridized carbons (Fsp3) is 0.250. The van der Waals surface area contributed by atoms with E-state index in [0.717, 1.165) is 0 Å². The Bertz CT molecular complexity index is 563. The molecular formula is C12H12FN3O. The first kappa shape index (κ1) is 11.4. The van der Waals surface area contributed by atoms with E-state index >= 15 is 0 Å². The number of nitrogens with zero attached hydrogens (tertiary/aromatic N) is 3. The van der Waals surface area contributed by atoms with Crippen LogP contribution in [-0.4, -0.2) is 20.8 Å². The highest BCUT2D eigenvalue weighted by Crippen LogP contribution is 2.14. The predicted molar refractivity (Wildman–Crippen MR) is 60.7 cm³/mol. The fourth-order valence-corrected chi connectivity index (χ4v) is 1.52. The summed E-state index contributed by atoms with van der Waals surface area (Å²) in [7, 11) is 0. The van der Waals surface area contributed by atoms with E-state index in [1.54, 1.807) is 12.1 Å². The van der Waals surface area contributed by atoms with Gasteiger partial charge in [-0.2, -0.15) is 0 Å². The molecule has 5 heteroatoms. The number of aryl methyl sites for hydroxylation is 1. The first-order valence-corrected chi connectivity index (χ1v) is 5.34. The smallest absolute Gasteiger partial charge is 0.181 e. The van der Waals surface area contributed by atoms with Gasteiger partial charge < -0.3 is 0 Å². The summed E-state index contributed by atoms with van der Waals surface area (Å²) in [6.45, 7) is 3.30. The molecule has 88 valence electrons. The third kappa shape index (κ3) is 2.22. The van der Waals surface area contributed by atoms with Gasteiger partial charge in [0.25, 0.3) is 0 Å². The van der Waals surface area contributed by atoms with E-state index in [1.807, 2.05) is 6.92 Å². The van der Waals surface area contributed by atoms with Gasteiger partial charge in [0.1, 0.15) is 11.5 Å². The average Bonchev–Trinajstić information content (AvgIpc) is 2.78. The van der Waals surface area contributed by atoms with Gasteiger partial charge in [0, 0.05) is 6.92 Å². The molecule has 1 heterocycles. The molecule has 0 amide bonds. The van der Waals surface area contributed by atoms with E-state index in [2.05, 4.69) is 10.3 Å². The second-order valence-electron chi connectivity index (χ2n) is 3.73. The van der Waals surface area contributed by atoms with Crippen molar-refractivity contribution in [1.29, 1.82) is 0 Å². The SMILES string of the molecule is CCc1ccc(-n2cc(C(C)=O)nn2)cc1F. The van der Waals surface area contributed by atoms with Gasteiger partial charge in [-0.3, -0.25) is 4.79 Å². The molecule has 0 saturated carbocycles. The summed E-state index contributed by atoms with van der Waals surface area (Å²) < 4.78 is 15.0. The molecule has 0 atom stereocenters. The second kappa shape index (κ2) is 4.45. The van der Waals surface area contributed by atoms with Crippen LogP contribution >= 0.6 is 0 Å². The molecule has 0 aliphatic rings. The number of ketones is 1. The fourth-order valence-electron chi connectivity index (χ4n) is 1.52. The minimum absolute atomic E-state index is 0.165. The number of carbonyl (C=O) groups is 1. The Morgan fingerprint density at radius 2 is 2.24 bits per heavy atom. The lowest BCUT2D eigenvalue weighted by molar-refractivity contribution is 0.101. The summed E-state index contributed by atoms with van der Waals surface area (Å²) in [5.74, 6) is -0.438. The average molecular weight is 233 g/mol. The van der Waals surface area contributed by atoms with Crippen molar-refractivity contribution < 1.29 is 9.18 Å². The molecule has 1 aromatic carbocycles. The Morgan fingerprint density at radius 1 is 1.47 bits per heavy atom. The molecule has 1 aromatic heterocycles. The highest BCUT2D eigenvalue weighted by Gasteiger charge is 2.08. The number of halogens is 1. The van der Waals surface area contributed by atoms with Crippen LogP contribution in [0.2, 0.25) is 0 Å². The number of aromatic nitrogens is 3. The number of Topliss-reactive ketones (excluding diaryl/α,β-unsaturated/α-hetero) is 1. The van der Waals surface area contributed by atoms with Crippen molar-refractivity contribution in [3.05, 3.63) is 41.5 Å². The van der Waals surface area contributed by atoms with Gasteiger partial charge in [0.2, 0.25) is 0 Å². The first-order chi connectivity index (χ1) is 8.11. The van der Waals surface area contributed by atoms with E-state index in [0.29, 0.717) is 17.7 Å². The first-order valence-electron chi connectivity index (χ1n) is 5.34. The Labute approximate surface area is 98.1 Å². The van der Waals surface area contributed by atoms with Crippen LogP contribution in [-0.2, 0) is 6.42 Å². The monoisotopic (exact) mass is 233 g/mol. The Kier molecular flexibility index (Phi) is 2.99. The molecule has 0 aliphatic heterocycles. The van der Waals surface area contributed by atoms with E-state index in [-0.39, 0.29) is 17.3 Å². The molecule has 0 saturated heterocycles. The third-order valence-corrected chi connectivity index (χ3v) is 2.54. The van der Waals surface area contributed by atoms with Gasteiger partial charge in [-0.05, 0) is 24.1 Å². The normalized spacial score (nSPS) is 10.5. The number of hydrogen-bond acceptors (Lipinski definition) is 3. The molecule has 2 aromatic rings. The summed E-state index contributed by atoms with van der Waals surface area (Å²) in [6, 6.07) is 4.84. The van der Waals surface area contributed by atoms with Crippen molar-refractivity contribution in [2.75, 3.05) is 0 Å². The Morgan fingerprint density at radius 3 is 2.76 bits per heavy atom. The Hall–Kier alpha value is -2.04. The lowest BCUT2D eigenvalue weighted by Gasteiger charge is -2.03. The maximum absolute atomic E-state index is 13.6. The zero-order valence-corrected chi connectivity index (χ0v) is 9.64. The van der Waals surface area contributed by atoms with Gasteiger partial charge in [0.15, 0.2) is 5.78 Å². The zero-order chi connectivity index (χ0) is 12.4. The number of benzene rings is 1. The van der Waals surface area contributed by atoms with Crippen LogP contribution in [0.4, 0.5) is 4.39 Å². The summed E-state index contributed by atoms with van der Waals surface area (Å²) in [5.41, 5.74) is 1.48. The van der Waals surface area contributed by atoms with Gasteiger partial charge in [-0.1, -0.05) is 18.2 Å². The lowest BCUT2D eigenvalue weighted by Crippen LogP contribution is -1.97. The minimum Gasteiger partial charge on any atom is -0.293 e. The summed E-state index contributed by atoms with van der Waals surface area (Å²) >= 11 is 0. The molecule has 0 radical (unpaired) electrons. The second-order valence-corrected chi connectivity index (χ2v) is 3.73. The highest BCUT2D eigenvalue weighted by atomic mass is 19.1. The third-order valence-electron chi connectivity index (χ3n) is 2.54. The summed E-state index contributed by atoms with van der Waals surface area (Å²) in [4.78, 5) is 11.1. The predicted octanol–water partition coefficient (Wildman–Crippen LogP) is 2.17. The van der Waals surface area contributed by atoms with Crippen molar-refractivity contribution in [3.8, 4) is 5.69 Å². The minimum atomic E-state index is -0.273. The number of hydrogen-bond donors (Lipinski definition) is 0. The van der Waals surface area contributed by atoms with Crippen LogP contribution in [0.5, 0.6) is 0 Å². The van der Waals surface area contributed by atoms with E-state index in [9.17, 15) is 9.18 Å². The van der Waals surface area contributed by atoms with Gasteiger partial charge in [-0.25, -0.2) is 9.07 Å². The lowest BCUT2D eigenvalue weighted by atomic mass is 10.1. The van der Waals surface area contributed by atoms with Gasteiger partial charge >= 0.3 is 0 Å². The molecule has 2 rings (SSSR count). The van der Waals surface area contributed by atoms with E-state index < -0.39 is 0 Å². The molecule has 0 bridgehead atoms. The van der Waals surface area contributed by atoms with Crippen LogP contribution < -0.4 is 0 Å². The van der Waals surface area contributed by atoms with Gasteiger partial charge in [-0.15, -0.1) is 5.10 Å². The van der Waals surface area contributed by atoms with Crippen LogP contribution in [0.15, 0.2) is 24.4 Å². The molecule has 4 nitrogen and oxygen atoms in total. The molecule has 0 aliphatic carbocycles. The molecule has 0 unspecified atom stereocenters. The van der Waals surface area contributed by atoms with Crippen molar-refractivity contribution in [2.24, 2.45) is 0 Å². The van der Waals surface area contributed by atoms with Crippen LogP contribution in [0.1, 0.15) is 29.9 Å². The maximum atomic E-state index is 13.6. The molecule has 0 spiro atoms. The standard InChI is InChI=1S/C12H12FN3O/c1-3-9-4-5-10(6-11(9)13)16-7-12(8(2)17)14-15-16/h4-7H,3H2,1-2H3. The number of carbonyl (C=O) groups excluding carboxylic acids is 1. The maximum Gasteiger partial charge on any atom is 0.181 e. The molecular weight excluding hydrogens is 221 g/mol. The molecule has 17 heavy (non-hydrogen) atoms. The Balaban J connectivity index is 2.39. The largest absolute Gasteiger partial charge is 0.293 e. The summed E-state index contributed by atoms with van der Waals surface area (Å²) in [5, 5.41) is 7.49. The van der Waals surface area contributed by atoms with Crippen molar-refractivity contribution >= 4 is 5.78 Å². The van der Waals surface area contributed by atoms with Crippen molar-refractivity contribution in [1.82, 2.24) is 15.0 Å². The van der Waals surface area contributed by atoms with E-state index in [1.165, 1.54) is 23.9 Å². The zero-order valence-electron chi connectivity index (χ0n) is 9.64. The van der Waals surface area contributed by atoms with Crippen LogP contribution in [0, 0.1) is 5.82 Å². The topological polar surface area (TPSA) is 47.8 Å².